The predicted octanol–water partition coefficient (Wildman–Crippen LogP) is 1.38. The molecule has 0 spiro atoms. The standard InChI is InChI=1S/C10H12O.H2O/c1-9(11)7-8-10-5-3-2-4-6-10;/h2-6H,7-8H2,1H3;1H2. The Labute approximate surface area is 72.5 Å². The van der Waals surface area contributed by atoms with Gasteiger partial charge in [-0.05, 0) is 18.9 Å². The molecule has 0 amide bonds. The fourth-order valence-electron chi connectivity index (χ4n) is 0.965. The summed E-state index contributed by atoms with van der Waals surface area (Å²) in [7, 11) is 0. The Kier molecular flexibility index (Phi) is 4.97. The van der Waals surface area contributed by atoms with Crippen molar-refractivity contribution in [2.45, 2.75) is 19.8 Å². The molecule has 0 aromatic heterocycles. The van der Waals surface area contributed by atoms with E-state index in [1.165, 1.54) is 5.56 Å². The number of carbonyl (C=O) groups excluding carboxylic acids is 1. The molecular weight excluding hydrogens is 152 g/mol. The summed E-state index contributed by atoms with van der Waals surface area (Å²) in [6.07, 6.45) is 1.53. The van der Waals surface area contributed by atoms with Crippen molar-refractivity contribution in [1.29, 1.82) is 0 Å². The highest BCUT2D eigenvalue weighted by atomic mass is 16.1. The lowest BCUT2D eigenvalue weighted by molar-refractivity contribution is -0.116. The number of ketones is 1. The Hall–Kier alpha value is -1.15. The van der Waals surface area contributed by atoms with Gasteiger partial charge in [-0.25, -0.2) is 0 Å². The van der Waals surface area contributed by atoms with E-state index in [4.69, 9.17) is 0 Å². The molecule has 0 aliphatic rings. The van der Waals surface area contributed by atoms with Crippen molar-refractivity contribution in [3.8, 4) is 0 Å². The van der Waals surface area contributed by atoms with Crippen LogP contribution in [0.1, 0.15) is 18.9 Å². The fourth-order valence-corrected chi connectivity index (χ4v) is 0.965. The van der Waals surface area contributed by atoms with Crippen LogP contribution in [-0.2, 0) is 11.2 Å². The highest BCUT2D eigenvalue weighted by Gasteiger charge is 1.94. The molecule has 0 aliphatic carbocycles. The first-order chi connectivity index (χ1) is 5.29. The SMILES string of the molecule is CC(=O)CCc1ccccc1.O. The van der Waals surface area contributed by atoms with Gasteiger partial charge in [0.05, 0.1) is 0 Å². The van der Waals surface area contributed by atoms with Crippen molar-refractivity contribution < 1.29 is 10.3 Å². The molecule has 0 radical (unpaired) electrons. The van der Waals surface area contributed by atoms with Crippen molar-refractivity contribution in [3.63, 3.8) is 0 Å². The summed E-state index contributed by atoms with van der Waals surface area (Å²) in [6.45, 7) is 1.63. The van der Waals surface area contributed by atoms with E-state index >= 15 is 0 Å². The smallest absolute Gasteiger partial charge is 0.130 e. The number of carbonyl (C=O) groups is 1. The van der Waals surface area contributed by atoms with Crippen molar-refractivity contribution in [1.82, 2.24) is 0 Å². The Morgan fingerprint density at radius 1 is 1.25 bits per heavy atom. The molecule has 0 bridgehead atoms. The summed E-state index contributed by atoms with van der Waals surface area (Å²) in [6, 6.07) is 10.1. The molecule has 2 heteroatoms. The Morgan fingerprint density at radius 2 is 1.83 bits per heavy atom. The van der Waals surface area contributed by atoms with Crippen molar-refractivity contribution >= 4 is 5.78 Å². The zero-order valence-electron chi connectivity index (χ0n) is 7.21. The van der Waals surface area contributed by atoms with E-state index in [0.717, 1.165) is 6.42 Å². The molecule has 1 aromatic rings. The largest absolute Gasteiger partial charge is 0.412 e. The third-order valence-corrected chi connectivity index (χ3v) is 1.61. The van der Waals surface area contributed by atoms with E-state index < -0.39 is 0 Å². The van der Waals surface area contributed by atoms with Crippen molar-refractivity contribution in [2.24, 2.45) is 0 Å². The van der Waals surface area contributed by atoms with Crippen LogP contribution in [0.3, 0.4) is 0 Å². The zero-order chi connectivity index (χ0) is 8.10. The molecule has 66 valence electrons. The van der Waals surface area contributed by atoms with Crippen LogP contribution in [0.25, 0.3) is 0 Å². The third-order valence-electron chi connectivity index (χ3n) is 1.61. The molecule has 0 heterocycles. The average molecular weight is 166 g/mol. The van der Waals surface area contributed by atoms with Gasteiger partial charge in [0, 0.05) is 6.42 Å². The second kappa shape index (κ2) is 5.49. The van der Waals surface area contributed by atoms with Gasteiger partial charge in [-0.1, -0.05) is 30.3 Å². The van der Waals surface area contributed by atoms with Crippen LogP contribution in [-0.4, -0.2) is 11.3 Å². The van der Waals surface area contributed by atoms with Crippen LogP contribution in [0, 0.1) is 0 Å². The molecule has 0 unspecified atom stereocenters. The molecule has 2 nitrogen and oxygen atoms in total. The summed E-state index contributed by atoms with van der Waals surface area (Å²) >= 11 is 0. The monoisotopic (exact) mass is 166 g/mol. The summed E-state index contributed by atoms with van der Waals surface area (Å²) in [4.78, 5) is 10.6. The summed E-state index contributed by atoms with van der Waals surface area (Å²) < 4.78 is 0. The highest BCUT2D eigenvalue weighted by Crippen LogP contribution is 2.01. The normalized spacial score (nSPS) is 8.75. The molecule has 0 saturated carbocycles. The first kappa shape index (κ1) is 10.8. The van der Waals surface area contributed by atoms with E-state index in [9.17, 15) is 4.79 Å². The first-order valence-corrected chi connectivity index (χ1v) is 3.82. The van der Waals surface area contributed by atoms with Crippen LogP contribution in [0.5, 0.6) is 0 Å². The summed E-state index contributed by atoms with van der Waals surface area (Å²) in [5.74, 6) is 0.258. The predicted molar refractivity (Wildman–Crippen MR) is 49.1 cm³/mol. The second-order valence-electron chi connectivity index (χ2n) is 2.69. The molecule has 1 aromatic carbocycles. The number of hydrogen-bond donors (Lipinski definition) is 0. The highest BCUT2D eigenvalue weighted by molar-refractivity contribution is 5.75. The van der Waals surface area contributed by atoms with Gasteiger partial charge in [-0.2, -0.15) is 0 Å². The number of rotatable bonds is 3. The van der Waals surface area contributed by atoms with E-state index in [2.05, 4.69) is 0 Å². The molecule has 12 heavy (non-hydrogen) atoms. The van der Waals surface area contributed by atoms with Gasteiger partial charge >= 0.3 is 0 Å². The van der Waals surface area contributed by atoms with E-state index in [1.54, 1.807) is 6.92 Å². The van der Waals surface area contributed by atoms with Crippen LogP contribution < -0.4 is 0 Å². The van der Waals surface area contributed by atoms with Gasteiger partial charge in [0.15, 0.2) is 0 Å². The lowest BCUT2D eigenvalue weighted by atomic mass is 10.1. The minimum Gasteiger partial charge on any atom is -0.412 e. The maximum absolute atomic E-state index is 10.6. The van der Waals surface area contributed by atoms with Crippen molar-refractivity contribution in [3.05, 3.63) is 35.9 Å². The van der Waals surface area contributed by atoms with Gasteiger partial charge < -0.3 is 10.3 Å². The molecule has 0 saturated heterocycles. The molecule has 0 aliphatic heterocycles. The lowest BCUT2D eigenvalue weighted by Gasteiger charge is -1.96. The molecule has 1 rings (SSSR count). The van der Waals surface area contributed by atoms with Crippen LogP contribution >= 0.6 is 0 Å². The molecule has 0 fully saturated rings. The average Bonchev–Trinajstić information content (AvgIpc) is 2.03. The van der Waals surface area contributed by atoms with Gasteiger partial charge in [0.2, 0.25) is 0 Å². The topological polar surface area (TPSA) is 48.6 Å². The van der Waals surface area contributed by atoms with Crippen molar-refractivity contribution in [2.75, 3.05) is 0 Å². The second-order valence-corrected chi connectivity index (χ2v) is 2.69. The minimum absolute atomic E-state index is 0. The Balaban J connectivity index is 0.00000121. The van der Waals surface area contributed by atoms with E-state index in [-0.39, 0.29) is 11.3 Å². The molecule has 0 atom stereocenters. The lowest BCUT2D eigenvalue weighted by Crippen LogP contribution is -1.92. The maximum atomic E-state index is 10.6. The van der Waals surface area contributed by atoms with Gasteiger partial charge in [0.25, 0.3) is 0 Å². The number of Topliss-reactive ketones (excluding diaryl/α,β-unsaturated/α-hetero) is 1. The number of hydrogen-bond acceptors (Lipinski definition) is 1. The number of aryl methyl sites for hydroxylation is 1. The number of benzene rings is 1. The van der Waals surface area contributed by atoms with Crippen LogP contribution in [0.4, 0.5) is 0 Å². The fraction of sp³-hybridized carbons (Fsp3) is 0.300. The van der Waals surface area contributed by atoms with Crippen LogP contribution in [0.15, 0.2) is 30.3 Å². The third kappa shape index (κ3) is 3.88. The molecule has 2 N–H and O–H groups in total. The first-order valence-electron chi connectivity index (χ1n) is 3.82. The quantitative estimate of drug-likeness (QED) is 0.669. The summed E-state index contributed by atoms with van der Waals surface area (Å²) in [5.41, 5.74) is 1.24. The summed E-state index contributed by atoms with van der Waals surface area (Å²) in [5, 5.41) is 0. The van der Waals surface area contributed by atoms with Gasteiger partial charge in [-0.15, -0.1) is 0 Å². The molecular formula is C10H14O2. The van der Waals surface area contributed by atoms with E-state index in [1.807, 2.05) is 30.3 Å². The minimum atomic E-state index is 0. The van der Waals surface area contributed by atoms with Gasteiger partial charge in [-0.3, -0.25) is 0 Å². The Bertz CT molecular complexity index is 229. The van der Waals surface area contributed by atoms with E-state index in [0.29, 0.717) is 6.42 Å². The zero-order valence-corrected chi connectivity index (χ0v) is 7.21. The van der Waals surface area contributed by atoms with Gasteiger partial charge in [0.1, 0.15) is 5.78 Å². The van der Waals surface area contributed by atoms with Crippen LogP contribution in [0.2, 0.25) is 0 Å². The maximum Gasteiger partial charge on any atom is 0.130 e. The Morgan fingerprint density at radius 3 is 2.33 bits per heavy atom.